The first-order valence-corrected chi connectivity index (χ1v) is 7.06. The van der Waals surface area contributed by atoms with Crippen LogP contribution in [0.15, 0.2) is 6.07 Å². The topological polar surface area (TPSA) is 62.3 Å². The van der Waals surface area contributed by atoms with Crippen LogP contribution in [-0.4, -0.2) is 41.3 Å². The molecule has 1 N–H and O–H groups in total. The van der Waals surface area contributed by atoms with Crippen LogP contribution in [0.2, 0.25) is 10.3 Å². The Hall–Kier alpha value is -1.33. The fourth-order valence-corrected chi connectivity index (χ4v) is 2.80. The lowest BCUT2D eigenvalue weighted by atomic mass is 10.1. The van der Waals surface area contributed by atoms with Crippen LogP contribution in [0.1, 0.15) is 28.8 Å². The summed E-state index contributed by atoms with van der Waals surface area (Å²) in [5.74, 6) is -0.389. The number of nitrogens with zero attached hydrogens (tertiary/aromatic N) is 2. The van der Waals surface area contributed by atoms with Crippen molar-refractivity contribution >= 4 is 35.0 Å². The van der Waals surface area contributed by atoms with Gasteiger partial charge in [0.1, 0.15) is 16.3 Å². The smallest absolute Gasteiger partial charge is 0.255 e. The molecule has 0 aliphatic carbocycles. The van der Waals surface area contributed by atoms with Crippen molar-refractivity contribution in [3.8, 4) is 0 Å². The second kappa shape index (κ2) is 5.97. The van der Waals surface area contributed by atoms with Crippen molar-refractivity contribution in [2.45, 2.75) is 25.8 Å². The van der Waals surface area contributed by atoms with Gasteiger partial charge in [-0.05, 0) is 31.4 Å². The van der Waals surface area contributed by atoms with E-state index in [1.807, 2.05) is 0 Å². The second-order valence-electron chi connectivity index (χ2n) is 4.68. The highest BCUT2D eigenvalue weighted by Crippen LogP contribution is 2.26. The number of hydrogen-bond donors (Lipinski definition) is 1. The summed E-state index contributed by atoms with van der Waals surface area (Å²) in [4.78, 5) is 29.9. The van der Waals surface area contributed by atoms with E-state index in [1.54, 1.807) is 18.9 Å². The molecule has 0 radical (unpaired) electrons. The van der Waals surface area contributed by atoms with E-state index in [9.17, 15) is 9.59 Å². The maximum absolute atomic E-state index is 12.6. The van der Waals surface area contributed by atoms with Crippen LogP contribution in [0.25, 0.3) is 0 Å². The predicted molar refractivity (Wildman–Crippen MR) is 77.1 cm³/mol. The molecule has 2 rings (SSSR count). The maximum atomic E-state index is 12.6. The van der Waals surface area contributed by atoms with E-state index in [0.29, 0.717) is 24.1 Å². The Balaban J connectivity index is 2.34. The minimum Gasteiger partial charge on any atom is -0.357 e. The number of likely N-dealkylation sites (tertiary alicyclic amines) is 1. The van der Waals surface area contributed by atoms with Gasteiger partial charge >= 0.3 is 0 Å². The summed E-state index contributed by atoms with van der Waals surface area (Å²) in [7, 11) is 1.56. The van der Waals surface area contributed by atoms with E-state index in [1.165, 1.54) is 6.07 Å². The summed E-state index contributed by atoms with van der Waals surface area (Å²) < 4.78 is 0. The zero-order chi connectivity index (χ0) is 14.9. The summed E-state index contributed by atoms with van der Waals surface area (Å²) in [5, 5.41) is 2.95. The third-order valence-corrected chi connectivity index (χ3v) is 4.04. The van der Waals surface area contributed by atoms with Gasteiger partial charge < -0.3 is 10.2 Å². The van der Waals surface area contributed by atoms with Crippen LogP contribution >= 0.6 is 23.2 Å². The normalized spacial score (nSPS) is 18.2. The van der Waals surface area contributed by atoms with Gasteiger partial charge in [-0.3, -0.25) is 9.59 Å². The number of likely N-dealkylation sites (N-methyl/N-ethyl adjacent to an activating group) is 1. The lowest BCUT2D eigenvalue weighted by Gasteiger charge is -2.24. The van der Waals surface area contributed by atoms with Crippen LogP contribution in [0.5, 0.6) is 0 Å². The Labute approximate surface area is 127 Å². The van der Waals surface area contributed by atoms with Crippen LogP contribution in [0.3, 0.4) is 0 Å². The SMILES string of the molecule is CNC(=O)[C@H]1CCCN1C(=O)c1cc(Cl)nc(Cl)c1C. The van der Waals surface area contributed by atoms with E-state index in [0.717, 1.165) is 6.42 Å². The highest BCUT2D eigenvalue weighted by molar-refractivity contribution is 6.33. The monoisotopic (exact) mass is 315 g/mol. The van der Waals surface area contributed by atoms with Crippen LogP contribution in [0, 0.1) is 6.92 Å². The third-order valence-electron chi connectivity index (χ3n) is 3.47. The molecule has 0 unspecified atom stereocenters. The minimum atomic E-state index is -0.433. The van der Waals surface area contributed by atoms with Crippen molar-refractivity contribution in [1.82, 2.24) is 15.2 Å². The Morgan fingerprint density at radius 3 is 2.80 bits per heavy atom. The summed E-state index contributed by atoms with van der Waals surface area (Å²) in [5.41, 5.74) is 0.967. The molecule has 0 saturated carbocycles. The number of pyridine rings is 1. The molecule has 2 heterocycles. The van der Waals surface area contributed by atoms with Gasteiger partial charge in [0.05, 0.1) is 0 Å². The number of rotatable bonds is 2. The molecule has 20 heavy (non-hydrogen) atoms. The number of hydrogen-bond acceptors (Lipinski definition) is 3. The highest BCUT2D eigenvalue weighted by atomic mass is 35.5. The van der Waals surface area contributed by atoms with E-state index in [4.69, 9.17) is 23.2 Å². The molecule has 0 spiro atoms. The largest absolute Gasteiger partial charge is 0.357 e. The predicted octanol–water partition coefficient (Wildman–Crippen LogP) is 2.05. The van der Waals surface area contributed by atoms with Gasteiger partial charge in [0.15, 0.2) is 0 Å². The first-order valence-electron chi connectivity index (χ1n) is 6.31. The molecule has 1 atom stereocenters. The lowest BCUT2D eigenvalue weighted by molar-refractivity contribution is -0.124. The number of carbonyl (C=O) groups is 2. The molecular formula is C13H15Cl2N3O2. The van der Waals surface area contributed by atoms with Gasteiger partial charge in [-0.15, -0.1) is 0 Å². The van der Waals surface area contributed by atoms with Crippen molar-refractivity contribution in [3.05, 3.63) is 27.5 Å². The molecule has 5 nitrogen and oxygen atoms in total. The number of nitrogens with one attached hydrogen (secondary N) is 1. The minimum absolute atomic E-state index is 0.153. The average Bonchev–Trinajstić information content (AvgIpc) is 2.90. The molecule has 2 amide bonds. The van der Waals surface area contributed by atoms with Gasteiger partial charge in [-0.2, -0.15) is 0 Å². The molecular weight excluding hydrogens is 301 g/mol. The summed E-state index contributed by atoms with van der Waals surface area (Å²) in [6.45, 7) is 2.26. The zero-order valence-electron chi connectivity index (χ0n) is 11.2. The standard InChI is InChI=1S/C13H15Cl2N3O2/c1-7-8(6-10(14)17-11(7)15)13(20)18-5-3-4-9(18)12(19)16-2/h6,9H,3-5H2,1-2H3,(H,16,19)/t9-/m1/s1. The van der Waals surface area contributed by atoms with E-state index < -0.39 is 6.04 Å². The molecule has 1 aromatic heterocycles. The molecule has 0 aromatic carbocycles. The molecule has 1 fully saturated rings. The molecule has 0 bridgehead atoms. The highest BCUT2D eigenvalue weighted by Gasteiger charge is 2.34. The van der Waals surface area contributed by atoms with Crippen LogP contribution in [-0.2, 0) is 4.79 Å². The lowest BCUT2D eigenvalue weighted by Crippen LogP contribution is -2.45. The molecule has 1 aliphatic heterocycles. The quantitative estimate of drug-likeness (QED) is 0.850. The number of halogens is 2. The van der Waals surface area contributed by atoms with Crippen molar-refractivity contribution in [2.24, 2.45) is 0 Å². The number of carbonyl (C=O) groups excluding carboxylic acids is 2. The van der Waals surface area contributed by atoms with Crippen molar-refractivity contribution in [1.29, 1.82) is 0 Å². The fraction of sp³-hybridized carbons (Fsp3) is 0.462. The van der Waals surface area contributed by atoms with Crippen molar-refractivity contribution in [3.63, 3.8) is 0 Å². The van der Waals surface area contributed by atoms with Gasteiger partial charge in [0.2, 0.25) is 5.91 Å². The van der Waals surface area contributed by atoms with Crippen molar-refractivity contribution < 1.29 is 9.59 Å². The van der Waals surface area contributed by atoms with Crippen LogP contribution in [0.4, 0.5) is 0 Å². The molecule has 1 saturated heterocycles. The van der Waals surface area contributed by atoms with E-state index in [-0.39, 0.29) is 22.1 Å². The number of amides is 2. The molecule has 1 aromatic rings. The Morgan fingerprint density at radius 1 is 1.45 bits per heavy atom. The van der Waals surface area contributed by atoms with E-state index in [2.05, 4.69) is 10.3 Å². The Morgan fingerprint density at radius 2 is 2.15 bits per heavy atom. The molecule has 1 aliphatic rings. The first kappa shape index (κ1) is 15.1. The summed E-state index contributed by atoms with van der Waals surface area (Å²) in [6.07, 6.45) is 1.46. The fourth-order valence-electron chi connectivity index (χ4n) is 2.37. The summed E-state index contributed by atoms with van der Waals surface area (Å²) >= 11 is 11.8. The Kier molecular flexibility index (Phi) is 4.50. The average molecular weight is 316 g/mol. The van der Waals surface area contributed by atoms with Gasteiger partial charge in [-0.25, -0.2) is 4.98 Å². The van der Waals surface area contributed by atoms with E-state index >= 15 is 0 Å². The second-order valence-corrected chi connectivity index (χ2v) is 5.42. The zero-order valence-corrected chi connectivity index (χ0v) is 12.8. The number of aromatic nitrogens is 1. The third kappa shape index (κ3) is 2.74. The molecule has 7 heteroatoms. The summed E-state index contributed by atoms with van der Waals surface area (Å²) in [6, 6.07) is 1.06. The van der Waals surface area contributed by atoms with Gasteiger partial charge in [0.25, 0.3) is 5.91 Å². The first-order chi connectivity index (χ1) is 9.45. The molecule has 108 valence electrons. The van der Waals surface area contributed by atoms with Gasteiger partial charge in [0, 0.05) is 19.2 Å². The van der Waals surface area contributed by atoms with Gasteiger partial charge in [-0.1, -0.05) is 23.2 Å². The van der Waals surface area contributed by atoms with Crippen molar-refractivity contribution in [2.75, 3.05) is 13.6 Å². The van der Waals surface area contributed by atoms with Crippen LogP contribution < -0.4 is 5.32 Å². The maximum Gasteiger partial charge on any atom is 0.255 e. The Bertz CT molecular complexity index is 563.